The number of ether oxygens (including phenoxy) is 1. The van der Waals surface area contributed by atoms with Gasteiger partial charge in [-0.15, -0.1) is 0 Å². The Morgan fingerprint density at radius 3 is 2.84 bits per heavy atom. The number of carbonyl (C=O) groups is 1. The van der Waals surface area contributed by atoms with Crippen LogP contribution < -0.4 is 15.0 Å². The Balaban J connectivity index is 1.31. The van der Waals surface area contributed by atoms with E-state index in [-0.39, 0.29) is 6.03 Å². The quantitative estimate of drug-likeness (QED) is 0.926. The lowest BCUT2D eigenvalue weighted by Gasteiger charge is -2.18. The van der Waals surface area contributed by atoms with Crippen molar-refractivity contribution in [1.82, 2.24) is 10.3 Å². The summed E-state index contributed by atoms with van der Waals surface area (Å²) in [5.74, 6) is 0.676. The van der Waals surface area contributed by atoms with Crippen LogP contribution in [0.2, 0.25) is 0 Å². The van der Waals surface area contributed by atoms with Crippen LogP contribution in [0.15, 0.2) is 42.6 Å². The molecule has 1 aliphatic carbocycles. The number of anilines is 1. The number of nitrogens with zero attached hydrogens (tertiary/aromatic N) is 2. The summed E-state index contributed by atoms with van der Waals surface area (Å²) in [5.41, 5.74) is 3.21. The van der Waals surface area contributed by atoms with Gasteiger partial charge in [-0.2, -0.15) is 0 Å². The van der Waals surface area contributed by atoms with Gasteiger partial charge in [-0.05, 0) is 49.3 Å². The molecule has 25 heavy (non-hydrogen) atoms. The molecule has 1 aromatic carbocycles. The first-order chi connectivity index (χ1) is 12.3. The Morgan fingerprint density at radius 1 is 1.20 bits per heavy atom. The maximum Gasteiger partial charge on any atom is 0.322 e. The molecule has 1 fully saturated rings. The fourth-order valence-corrected chi connectivity index (χ4v) is 3.58. The first kappa shape index (κ1) is 15.9. The summed E-state index contributed by atoms with van der Waals surface area (Å²) in [4.78, 5) is 18.6. The highest BCUT2D eigenvalue weighted by molar-refractivity contribution is 5.94. The third-order valence-corrected chi connectivity index (χ3v) is 4.96. The maximum absolute atomic E-state index is 12.4. The summed E-state index contributed by atoms with van der Waals surface area (Å²) < 4.78 is 5.87. The van der Waals surface area contributed by atoms with Gasteiger partial charge in [0.15, 0.2) is 0 Å². The van der Waals surface area contributed by atoms with Gasteiger partial charge in [-0.1, -0.05) is 24.3 Å². The Labute approximate surface area is 148 Å². The average Bonchev–Trinajstić information content (AvgIpc) is 3.30. The molecule has 5 nitrogen and oxygen atoms in total. The molecule has 1 aromatic heterocycles. The van der Waals surface area contributed by atoms with Crippen molar-refractivity contribution >= 4 is 11.7 Å². The van der Waals surface area contributed by atoms with E-state index in [1.54, 1.807) is 11.1 Å². The van der Waals surface area contributed by atoms with E-state index in [2.05, 4.69) is 16.4 Å². The number of para-hydroxylation sites is 1. The Bertz CT molecular complexity index is 739. The predicted octanol–water partition coefficient (Wildman–Crippen LogP) is 3.68. The number of rotatable bonds is 4. The van der Waals surface area contributed by atoms with Gasteiger partial charge in [-0.25, -0.2) is 9.78 Å². The van der Waals surface area contributed by atoms with Crippen LogP contribution in [0.25, 0.3) is 0 Å². The smallest absolute Gasteiger partial charge is 0.322 e. The van der Waals surface area contributed by atoms with Crippen LogP contribution in [0, 0.1) is 0 Å². The fraction of sp³-hybridized carbons (Fsp3) is 0.400. The van der Waals surface area contributed by atoms with E-state index in [1.165, 1.54) is 18.4 Å². The number of hydrogen-bond acceptors (Lipinski definition) is 3. The van der Waals surface area contributed by atoms with E-state index in [9.17, 15) is 4.79 Å². The molecule has 5 heteroatoms. The van der Waals surface area contributed by atoms with Crippen molar-refractivity contribution in [3.8, 4) is 5.88 Å². The SMILES string of the molecule is O=C(NCc1ccc(OC2CCCC2)nc1)N1CCc2ccccc21. The van der Waals surface area contributed by atoms with Crippen molar-refractivity contribution < 1.29 is 9.53 Å². The van der Waals surface area contributed by atoms with Crippen LogP contribution in [0.4, 0.5) is 10.5 Å². The normalized spacial score (nSPS) is 16.7. The number of amides is 2. The van der Waals surface area contributed by atoms with Crippen LogP contribution in [0.5, 0.6) is 5.88 Å². The minimum atomic E-state index is -0.0590. The monoisotopic (exact) mass is 337 g/mol. The molecule has 0 bridgehead atoms. The molecule has 0 atom stereocenters. The van der Waals surface area contributed by atoms with Crippen molar-refractivity contribution in [1.29, 1.82) is 0 Å². The Hall–Kier alpha value is -2.56. The lowest BCUT2D eigenvalue weighted by Crippen LogP contribution is -2.38. The number of urea groups is 1. The number of fused-ring (bicyclic) bond motifs is 1. The number of aromatic nitrogens is 1. The molecule has 2 aromatic rings. The second-order valence-electron chi connectivity index (χ2n) is 6.72. The largest absolute Gasteiger partial charge is 0.474 e. The van der Waals surface area contributed by atoms with E-state index < -0.39 is 0 Å². The van der Waals surface area contributed by atoms with Crippen molar-refractivity contribution in [3.63, 3.8) is 0 Å². The summed E-state index contributed by atoms with van der Waals surface area (Å²) in [7, 11) is 0. The molecule has 0 unspecified atom stereocenters. The second-order valence-corrected chi connectivity index (χ2v) is 6.72. The molecule has 4 rings (SSSR count). The van der Waals surface area contributed by atoms with Gasteiger partial charge in [0.2, 0.25) is 5.88 Å². The minimum absolute atomic E-state index is 0.0590. The summed E-state index contributed by atoms with van der Waals surface area (Å²) in [5, 5.41) is 2.98. The van der Waals surface area contributed by atoms with Gasteiger partial charge in [0.25, 0.3) is 0 Å². The molecular weight excluding hydrogens is 314 g/mol. The second kappa shape index (κ2) is 7.13. The highest BCUT2D eigenvalue weighted by Gasteiger charge is 2.23. The molecule has 0 radical (unpaired) electrons. The Kier molecular flexibility index (Phi) is 4.55. The number of pyridine rings is 1. The predicted molar refractivity (Wildman–Crippen MR) is 96.8 cm³/mol. The average molecular weight is 337 g/mol. The van der Waals surface area contributed by atoms with E-state index in [0.717, 1.165) is 37.1 Å². The van der Waals surface area contributed by atoms with Crippen molar-refractivity contribution in [2.24, 2.45) is 0 Å². The highest BCUT2D eigenvalue weighted by atomic mass is 16.5. The molecule has 0 saturated heterocycles. The van der Waals surface area contributed by atoms with Gasteiger partial charge < -0.3 is 10.1 Å². The van der Waals surface area contributed by atoms with Crippen LogP contribution in [0.3, 0.4) is 0 Å². The van der Waals surface area contributed by atoms with Gasteiger partial charge in [0.1, 0.15) is 6.10 Å². The van der Waals surface area contributed by atoms with Gasteiger partial charge in [-0.3, -0.25) is 4.90 Å². The van der Waals surface area contributed by atoms with Crippen LogP contribution >= 0.6 is 0 Å². The molecule has 2 amide bonds. The maximum atomic E-state index is 12.4. The van der Waals surface area contributed by atoms with Crippen LogP contribution in [0.1, 0.15) is 36.8 Å². The van der Waals surface area contributed by atoms with Crippen LogP contribution in [-0.4, -0.2) is 23.7 Å². The van der Waals surface area contributed by atoms with E-state index in [4.69, 9.17) is 4.74 Å². The zero-order chi connectivity index (χ0) is 17.1. The zero-order valence-corrected chi connectivity index (χ0v) is 14.3. The molecule has 1 saturated carbocycles. The molecular formula is C20H23N3O2. The lowest BCUT2D eigenvalue weighted by atomic mass is 10.2. The molecule has 1 aliphatic heterocycles. The van der Waals surface area contributed by atoms with Crippen LogP contribution in [-0.2, 0) is 13.0 Å². The van der Waals surface area contributed by atoms with Gasteiger partial charge >= 0.3 is 6.03 Å². The van der Waals surface area contributed by atoms with Gasteiger partial charge in [0.05, 0.1) is 0 Å². The number of carbonyl (C=O) groups excluding carboxylic acids is 1. The first-order valence-electron chi connectivity index (χ1n) is 9.04. The van der Waals surface area contributed by atoms with E-state index >= 15 is 0 Å². The fourth-order valence-electron chi connectivity index (χ4n) is 3.58. The van der Waals surface area contributed by atoms with Crippen molar-refractivity contribution in [2.45, 2.75) is 44.8 Å². The molecule has 2 heterocycles. The third-order valence-electron chi connectivity index (χ3n) is 4.96. The number of nitrogens with one attached hydrogen (secondary N) is 1. The molecule has 1 N–H and O–H groups in total. The summed E-state index contributed by atoms with van der Waals surface area (Å²) in [6.45, 7) is 1.20. The van der Waals surface area contributed by atoms with Gasteiger partial charge in [0, 0.05) is 31.0 Å². The summed E-state index contributed by atoms with van der Waals surface area (Å²) in [6.07, 6.45) is 7.74. The van der Waals surface area contributed by atoms with Crippen molar-refractivity contribution in [3.05, 3.63) is 53.7 Å². The third kappa shape index (κ3) is 3.60. The minimum Gasteiger partial charge on any atom is -0.474 e. The molecule has 130 valence electrons. The highest BCUT2D eigenvalue weighted by Crippen LogP contribution is 2.27. The Morgan fingerprint density at radius 2 is 2.04 bits per heavy atom. The summed E-state index contributed by atoms with van der Waals surface area (Å²) in [6, 6.07) is 11.9. The summed E-state index contributed by atoms with van der Waals surface area (Å²) >= 11 is 0. The van der Waals surface area contributed by atoms with E-state index in [0.29, 0.717) is 18.5 Å². The number of benzene rings is 1. The standard InChI is InChI=1S/C20H23N3O2/c24-20(23-12-11-16-5-1-4-8-18(16)23)22-14-15-9-10-19(21-13-15)25-17-6-2-3-7-17/h1,4-5,8-10,13,17H,2-3,6-7,11-12,14H2,(H,22,24). The molecule has 2 aliphatic rings. The molecule has 0 spiro atoms. The van der Waals surface area contributed by atoms with Crippen molar-refractivity contribution in [2.75, 3.05) is 11.4 Å². The number of hydrogen-bond donors (Lipinski definition) is 1. The van der Waals surface area contributed by atoms with E-state index in [1.807, 2.05) is 30.3 Å². The topological polar surface area (TPSA) is 54.5 Å². The first-order valence-corrected chi connectivity index (χ1v) is 9.04. The zero-order valence-electron chi connectivity index (χ0n) is 14.3. The lowest BCUT2D eigenvalue weighted by molar-refractivity contribution is 0.201.